The Morgan fingerprint density at radius 1 is 1.24 bits per heavy atom. The molecule has 0 radical (unpaired) electrons. The van der Waals surface area contributed by atoms with Gasteiger partial charge in [0.1, 0.15) is 0 Å². The van der Waals surface area contributed by atoms with E-state index in [-0.39, 0.29) is 5.78 Å². The van der Waals surface area contributed by atoms with E-state index in [1.807, 2.05) is 55.2 Å². The quantitative estimate of drug-likeness (QED) is 0.772. The van der Waals surface area contributed by atoms with Gasteiger partial charge >= 0.3 is 0 Å². The first-order chi connectivity index (χ1) is 8.18. The molecule has 0 atom stereocenters. The van der Waals surface area contributed by atoms with Crippen LogP contribution in [0.2, 0.25) is 0 Å². The zero-order valence-corrected chi connectivity index (χ0v) is 10.8. The maximum atomic E-state index is 12.3. The van der Waals surface area contributed by atoms with Crippen LogP contribution in [0.3, 0.4) is 0 Å². The highest BCUT2D eigenvalue weighted by atomic mass is 32.1. The molecule has 2 nitrogen and oxygen atoms in total. The Hall–Kier alpha value is -1.45. The van der Waals surface area contributed by atoms with Crippen molar-refractivity contribution in [1.29, 1.82) is 0 Å². The minimum Gasteiger partial charge on any atom is -0.305 e. The number of hydrogen-bond donors (Lipinski definition) is 0. The number of hydrogen-bond acceptors (Lipinski definition) is 3. The van der Waals surface area contributed by atoms with E-state index < -0.39 is 0 Å². The van der Waals surface area contributed by atoms with Crippen molar-refractivity contribution in [3.63, 3.8) is 0 Å². The second kappa shape index (κ2) is 5.25. The zero-order chi connectivity index (χ0) is 12.3. The molecule has 1 aromatic carbocycles. The summed E-state index contributed by atoms with van der Waals surface area (Å²) in [6.45, 7) is 0.784. The summed E-state index contributed by atoms with van der Waals surface area (Å²) in [7, 11) is 4.01. The van der Waals surface area contributed by atoms with E-state index in [0.29, 0.717) is 0 Å². The number of ketones is 1. The van der Waals surface area contributed by atoms with Crippen LogP contribution in [-0.2, 0) is 6.54 Å². The summed E-state index contributed by atoms with van der Waals surface area (Å²) in [6, 6.07) is 9.68. The summed E-state index contributed by atoms with van der Waals surface area (Å²) in [5.74, 6) is 0.115. The van der Waals surface area contributed by atoms with Gasteiger partial charge in [-0.15, -0.1) is 0 Å². The van der Waals surface area contributed by atoms with Crippen LogP contribution < -0.4 is 0 Å². The molecule has 0 saturated heterocycles. The first kappa shape index (κ1) is 12.0. The van der Waals surface area contributed by atoms with Crippen LogP contribution in [0.1, 0.15) is 21.5 Å². The van der Waals surface area contributed by atoms with E-state index >= 15 is 0 Å². The smallest absolute Gasteiger partial charge is 0.194 e. The summed E-state index contributed by atoms with van der Waals surface area (Å²) in [5, 5.41) is 3.83. The van der Waals surface area contributed by atoms with E-state index in [1.54, 1.807) is 11.3 Å². The first-order valence-electron chi connectivity index (χ1n) is 5.48. The Morgan fingerprint density at radius 3 is 2.65 bits per heavy atom. The van der Waals surface area contributed by atoms with Crippen LogP contribution in [0, 0.1) is 0 Å². The average Bonchev–Trinajstić information content (AvgIpc) is 2.81. The molecule has 0 spiro atoms. The predicted octanol–water partition coefficient (Wildman–Crippen LogP) is 3.04. The second-order valence-corrected chi connectivity index (χ2v) is 5.02. The lowest BCUT2D eigenvalue weighted by molar-refractivity contribution is 0.103. The third kappa shape index (κ3) is 2.81. The number of carbonyl (C=O) groups excluding carboxylic acids is 1. The topological polar surface area (TPSA) is 20.3 Å². The van der Waals surface area contributed by atoms with Gasteiger partial charge in [0.05, 0.1) is 0 Å². The van der Waals surface area contributed by atoms with Crippen LogP contribution in [-0.4, -0.2) is 24.8 Å². The van der Waals surface area contributed by atoms with Gasteiger partial charge in [-0.1, -0.05) is 24.3 Å². The highest BCUT2D eigenvalue weighted by Gasteiger charge is 2.13. The average molecular weight is 245 g/mol. The predicted molar refractivity (Wildman–Crippen MR) is 71.6 cm³/mol. The van der Waals surface area contributed by atoms with Gasteiger partial charge in [0.2, 0.25) is 0 Å². The fraction of sp³-hybridized carbons (Fsp3) is 0.214. The monoisotopic (exact) mass is 245 g/mol. The van der Waals surface area contributed by atoms with Gasteiger partial charge in [0, 0.05) is 23.1 Å². The summed E-state index contributed by atoms with van der Waals surface area (Å²) < 4.78 is 0. The van der Waals surface area contributed by atoms with Gasteiger partial charge in [-0.3, -0.25) is 4.79 Å². The number of carbonyl (C=O) groups is 1. The molecule has 0 N–H and O–H groups in total. The third-order valence-electron chi connectivity index (χ3n) is 2.53. The van der Waals surface area contributed by atoms with Gasteiger partial charge in [-0.25, -0.2) is 0 Å². The van der Waals surface area contributed by atoms with E-state index in [1.165, 1.54) is 0 Å². The number of benzene rings is 1. The second-order valence-electron chi connectivity index (χ2n) is 4.24. The molecule has 2 aromatic rings. The van der Waals surface area contributed by atoms with Crippen LogP contribution in [0.25, 0.3) is 0 Å². The fourth-order valence-electron chi connectivity index (χ4n) is 1.77. The molecule has 88 valence electrons. The molecule has 0 aliphatic rings. The number of thiophene rings is 1. The van der Waals surface area contributed by atoms with Crippen molar-refractivity contribution in [2.75, 3.05) is 14.1 Å². The van der Waals surface area contributed by atoms with Crippen LogP contribution >= 0.6 is 11.3 Å². The maximum absolute atomic E-state index is 12.3. The van der Waals surface area contributed by atoms with E-state index in [4.69, 9.17) is 0 Å². The van der Waals surface area contributed by atoms with Crippen molar-refractivity contribution in [3.05, 3.63) is 57.8 Å². The Morgan fingerprint density at radius 2 is 2.00 bits per heavy atom. The lowest BCUT2D eigenvalue weighted by Gasteiger charge is -2.13. The van der Waals surface area contributed by atoms with Crippen LogP contribution in [0.15, 0.2) is 41.1 Å². The Kier molecular flexibility index (Phi) is 3.71. The van der Waals surface area contributed by atoms with E-state index in [9.17, 15) is 4.79 Å². The molecular formula is C14H15NOS. The molecule has 0 fully saturated rings. The molecule has 0 amide bonds. The van der Waals surface area contributed by atoms with Crippen molar-refractivity contribution in [2.45, 2.75) is 6.54 Å². The minimum atomic E-state index is 0.115. The van der Waals surface area contributed by atoms with E-state index in [0.717, 1.165) is 23.2 Å². The molecule has 2 rings (SSSR count). The molecule has 0 bridgehead atoms. The summed E-state index contributed by atoms with van der Waals surface area (Å²) in [4.78, 5) is 14.4. The summed E-state index contributed by atoms with van der Waals surface area (Å²) in [5.41, 5.74) is 2.66. The number of nitrogens with zero attached hydrogens (tertiary/aromatic N) is 1. The lowest BCUT2D eigenvalue weighted by atomic mass is 10.00. The summed E-state index contributed by atoms with van der Waals surface area (Å²) >= 11 is 1.55. The molecule has 0 aliphatic heterocycles. The molecule has 1 heterocycles. The van der Waals surface area contributed by atoms with Crippen molar-refractivity contribution < 1.29 is 4.79 Å². The minimum absolute atomic E-state index is 0.115. The maximum Gasteiger partial charge on any atom is 0.194 e. The highest BCUT2D eigenvalue weighted by Crippen LogP contribution is 2.17. The van der Waals surface area contributed by atoms with Gasteiger partial charge in [0.15, 0.2) is 5.78 Å². The normalized spacial score (nSPS) is 10.8. The Balaban J connectivity index is 2.35. The zero-order valence-electron chi connectivity index (χ0n) is 10.0. The first-order valence-corrected chi connectivity index (χ1v) is 6.42. The lowest BCUT2D eigenvalue weighted by Crippen LogP contribution is -2.14. The standard InChI is InChI=1S/C14H15NOS/c1-15(2)9-11-5-3-4-6-13(11)14(16)12-7-8-17-10-12/h3-8,10H,9H2,1-2H3. The Labute approximate surface area is 106 Å². The van der Waals surface area contributed by atoms with Crippen molar-refractivity contribution in [3.8, 4) is 0 Å². The van der Waals surface area contributed by atoms with Crippen molar-refractivity contribution in [2.24, 2.45) is 0 Å². The Bertz CT molecular complexity index is 503. The van der Waals surface area contributed by atoms with Gasteiger partial charge in [-0.2, -0.15) is 11.3 Å². The molecular weight excluding hydrogens is 230 g/mol. The van der Waals surface area contributed by atoms with Gasteiger partial charge in [-0.05, 0) is 31.1 Å². The molecule has 17 heavy (non-hydrogen) atoms. The van der Waals surface area contributed by atoms with E-state index in [2.05, 4.69) is 4.90 Å². The third-order valence-corrected chi connectivity index (χ3v) is 3.22. The molecule has 0 saturated carbocycles. The molecule has 1 aromatic heterocycles. The van der Waals surface area contributed by atoms with Crippen LogP contribution in [0.4, 0.5) is 0 Å². The van der Waals surface area contributed by atoms with Crippen LogP contribution in [0.5, 0.6) is 0 Å². The molecule has 0 aliphatic carbocycles. The van der Waals surface area contributed by atoms with Crippen molar-refractivity contribution in [1.82, 2.24) is 4.90 Å². The van der Waals surface area contributed by atoms with Gasteiger partial charge < -0.3 is 4.90 Å². The molecule has 0 unspecified atom stereocenters. The van der Waals surface area contributed by atoms with Crippen molar-refractivity contribution >= 4 is 17.1 Å². The number of rotatable bonds is 4. The fourth-order valence-corrected chi connectivity index (χ4v) is 2.41. The highest BCUT2D eigenvalue weighted by molar-refractivity contribution is 7.08. The summed E-state index contributed by atoms with van der Waals surface area (Å²) in [6.07, 6.45) is 0. The SMILES string of the molecule is CN(C)Cc1ccccc1C(=O)c1ccsc1. The largest absolute Gasteiger partial charge is 0.305 e. The van der Waals surface area contributed by atoms with Gasteiger partial charge in [0.25, 0.3) is 0 Å². The molecule has 3 heteroatoms.